The number of alkyl halides is 3. The predicted molar refractivity (Wildman–Crippen MR) is 79.3 cm³/mol. The first-order chi connectivity index (χ1) is 10.7. The van der Waals surface area contributed by atoms with Gasteiger partial charge in [-0.25, -0.2) is 4.79 Å². The Labute approximate surface area is 133 Å². The number of hydrogen-bond acceptors (Lipinski definition) is 3. The highest BCUT2D eigenvalue weighted by molar-refractivity contribution is 5.83. The van der Waals surface area contributed by atoms with E-state index in [4.69, 9.17) is 11.5 Å². The Morgan fingerprint density at radius 3 is 2.48 bits per heavy atom. The summed E-state index contributed by atoms with van der Waals surface area (Å²) in [4.78, 5) is 22.5. The van der Waals surface area contributed by atoms with E-state index in [1.165, 1.54) is 6.92 Å². The van der Waals surface area contributed by atoms with Crippen molar-refractivity contribution in [1.29, 1.82) is 0 Å². The molecule has 0 rings (SSSR count). The molecule has 0 aliphatic carbocycles. The lowest BCUT2D eigenvalue weighted by atomic mass is 10.1. The number of hydrogen-bond donors (Lipinski definition) is 3. The Balaban J connectivity index is 4.14. The monoisotopic (exact) mass is 334 g/mol. The normalized spacial score (nSPS) is 13.1. The van der Waals surface area contributed by atoms with E-state index in [2.05, 4.69) is 16.6 Å². The van der Waals surface area contributed by atoms with Crippen LogP contribution in [0.15, 0.2) is 11.8 Å². The van der Waals surface area contributed by atoms with Crippen LogP contribution >= 0.6 is 0 Å². The number of halogens is 3. The molecule has 1 unspecified atom stereocenters. The molecule has 0 aromatic heterocycles. The quantitative estimate of drug-likeness (QED) is 0.423. The van der Waals surface area contributed by atoms with Crippen molar-refractivity contribution in [2.24, 2.45) is 0 Å². The van der Waals surface area contributed by atoms with Crippen LogP contribution in [0.5, 0.6) is 0 Å². The highest BCUT2D eigenvalue weighted by atomic mass is 19.4. The number of terminal acetylenes is 1. The highest BCUT2D eigenvalue weighted by Crippen LogP contribution is 2.23. The molecule has 0 spiro atoms. The average Bonchev–Trinajstić information content (AvgIpc) is 2.45. The second kappa shape index (κ2) is 10.5. The molecule has 0 aromatic carbocycles. The van der Waals surface area contributed by atoms with Crippen molar-refractivity contribution in [3.8, 4) is 12.3 Å². The molecule has 0 saturated carbocycles. The predicted octanol–water partition coefficient (Wildman–Crippen LogP) is 2.20. The Kier molecular flexibility index (Phi) is 9.54. The van der Waals surface area contributed by atoms with Gasteiger partial charge < -0.3 is 15.7 Å². The fourth-order valence-corrected chi connectivity index (χ4v) is 1.77. The molecule has 3 N–H and O–H groups in total. The molecule has 0 bridgehead atoms. The van der Waals surface area contributed by atoms with Gasteiger partial charge in [-0.1, -0.05) is 6.08 Å². The van der Waals surface area contributed by atoms with Gasteiger partial charge in [-0.15, -0.1) is 12.3 Å². The van der Waals surface area contributed by atoms with Crippen molar-refractivity contribution in [3.05, 3.63) is 11.8 Å². The first-order valence-corrected chi connectivity index (χ1v) is 7.15. The molecule has 0 heterocycles. The van der Waals surface area contributed by atoms with Crippen molar-refractivity contribution in [3.63, 3.8) is 0 Å². The van der Waals surface area contributed by atoms with Crippen molar-refractivity contribution in [2.75, 3.05) is 6.54 Å². The van der Waals surface area contributed by atoms with Gasteiger partial charge in [0.05, 0.1) is 0 Å². The van der Waals surface area contributed by atoms with Crippen LogP contribution in [0.1, 0.15) is 39.0 Å². The van der Waals surface area contributed by atoms with Crippen LogP contribution in [-0.4, -0.2) is 35.7 Å². The van der Waals surface area contributed by atoms with Crippen molar-refractivity contribution >= 4 is 11.9 Å². The summed E-state index contributed by atoms with van der Waals surface area (Å²) in [5, 5.41) is 13.6. The van der Waals surface area contributed by atoms with Crippen LogP contribution < -0.4 is 10.6 Å². The smallest absolute Gasteiger partial charge is 0.430 e. The molecule has 0 aromatic rings. The number of aliphatic carboxylic acids is 1. The minimum Gasteiger partial charge on any atom is -0.480 e. The highest BCUT2D eigenvalue weighted by Gasteiger charge is 2.32. The van der Waals surface area contributed by atoms with Crippen LogP contribution in [0.4, 0.5) is 13.2 Å². The first-order valence-electron chi connectivity index (χ1n) is 7.15. The number of carboxylic acid groups (broad SMARTS) is 1. The van der Waals surface area contributed by atoms with Gasteiger partial charge in [0.15, 0.2) is 0 Å². The summed E-state index contributed by atoms with van der Waals surface area (Å²) in [5.41, 5.74) is -0.824. The van der Waals surface area contributed by atoms with Gasteiger partial charge in [-0.2, -0.15) is 13.2 Å². The van der Waals surface area contributed by atoms with Crippen LogP contribution in [0.25, 0.3) is 0 Å². The average molecular weight is 334 g/mol. The number of amides is 1. The minimum absolute atomic E-state index is 0.0398. The van der Waals surface area contributed by atoms with Crippen LogP contribution in [0.2, 0.25) is 0 Å². The van der Waals surface area contributed by atoms with E-state index in [1.54, 1.807) is 0 Å². The summed E-state index contributed by atoms with van der Waals surface area (Å²) in [6, 6.07) is -1.07. The minimum atomic E-state index is -4.43. The lowest BCUT2D eigenvalue weighted by Crippen LogP contribution is -2.40. The fraction of sp³-hybridized carbons (Fsp3) is 0.600. The van der Waals surface area contributed by atoms with Gasteiger partial charge in [0.2, 0.25) is 5.91 Å². The molecule has 23 heavy (non-hydrogen) atoms. The van der Waals surface area contributed by atoms with Crippen LogP contribution in [0.3, 0.4) is 0 Å². The van der Waals surface area contributed by atoms with Gasteiger partial charge >= 0.3 is 12.1 Å². The Morgan fingerprint density at radius 1 is 1.35 bits per heavy atom. The van der Waals surface area contributed by atoms with E-state index in [-0.39, 0.29) is 25.8 Å². The maximum absolute atomic E-state index is 12.4. The Bertz CT molecular complexity index is 468. The molecule has 130 valence electrons. The van der Waals surface area contributed by atoms with Crippen LogP contribution in [-0.2, 0) is 9.59 Å². The van der Waals surface area contributed by atoms with Gasteiger partial charge in [0.25, 0.3) is 0 Å². The molecule has 8 heteroatoms. The van der Waals surface area contributed by atoms with E-state index < -0.39 is 29.8 Å². The molecule has 5 nitrogen and oxygen atoms in total. The van der Waals surface area contributed by atoms with Gasteiger partial charge in [0.1, 0.15) is 11.7 Å². The van der Waals surface area contributed by atoms with E-state index in [1.807, 2.05) is 0 Å². The third-order valence-corrected chi connectivity index (χ3v) is 2.96. The third kappa shape index (κ3) is 9.45. The summed E-state index contributed by atoms with van der Waals surface area (Å²) in [6.45, 7) is 1.35. The zero-order valence-electron chi connectivity index (χ0n) is 12.9. The van der Waals surface area contributed by atoms with E-state index >= 15 is 0 Å². The molecule has 0 radical (unpaired) electrons. The number of unbranched alkanes of at least 4 members (excludes halogenated alkanes) is 1. The molecule has 1 amide bonds. The fourth-order valence-electron chi connectivity index (χ4n) is 1.77. The molecule has 0 aliphatic rings. The zero-order chi connectivity index (χ0) is 17.9. The summed E-state index contributed by atoms with van der Waals surface area (Å²) >= 11 is 0. The lowest BCUT2D eigenvalue weighted by Gasteiger charge is -2.16. The van der Waals surface area contributed by atoms with E-state index in [9.17, 15) is 22.8 Å². The third-order valence-electron chi connectivity index (χ3n) is 2.96. The second-order valence-corrected chi connectivity index (χ2v) is 4.79. The number of rotatable bonds is 10. The Hall–Kier alpha value is -2.17. The molecule has 0 saturated heterocycles. The SMILES string of the molecule is C#CCCC(=O)NC(CCCCN/C(=C/C)C(F)(F)F)C(=O)O. The molecule has 1 atom stereocenters. The summed E-state index contributed by atoms with van der Waals surface area (Å²) < 4.78 is 37.3. The van der Waals surface area contributed by atoms with Crippen molar-refractivity contribution in [1.82, 2.24) is 10.6 Å². The molecular weight excluding hydrogens is 313 g/mol. The Morgan fingerprint density at radius 2 is 2.00 bits per heavy atom. The van der Waals surface area contributed by atoms with Gasteiger partial charge in [-0.3, -0.25) is 4.79 Å². The first kappa shape index (κ1) is 20.8. The summed E-state index contributed by atoms with van der Waals surface area (Å²) in [7, 11) is 0. The van der Waals surface area contributed by atoms with E-state index in [0.29, 0.717) is 12.8 Å². The molecule has 0 aliphatic heterocycles. The molecular formula is C15H21F3N2O3. The standard InChI is InChI=1S/C15H21F3N2O3/c1-3-5-9-13(21)20-11(14(22)23)8-6-7-10-19-12(4-2)15(16,17)18/h1,4,11,19H,5-10H2,2H3,(H,20,21)(H,22,23)/b12-4+. The van der Waals surface area contributed by atoms with Crippen LogP contribution in [0, 0.1) is 12.3 Å². The van der Waals surface area contributed by atoms with Gasteiger partial charge in [-0.05, 0) is 26.2 Å². The van der Waals surface area contributed by atoms with Crippen molar-refractivity contribution < 1.29 is 27.9 Å². The van der Waals surface area contributed by atoms with Crippen molar-refractivity contribution in [2.45, 2.75) is 51.2 Å². The summed E-state index contributed by atoms with van der Waals surface area (Å²) in [5.74, 6) is 0.635. The summed E-state index contributed by atoms with van der Waals surface area (Å²) in [6.07, 6.45) is 2.61. The second-order valence-electron chi connectivity index (χ2n) is 4.79. The van der Waals surface area contributed by atoms with Gasteiger partial charge in [0, 0.05) is 19.4 Å². The zero-order valence-corrected chi connectivity index (χ0v) is 12.9. The topological polar surface area (TPSA) is 78.4 Å². The molecule has 0 fully saturated rings. The maximum Gasteiger partial charge on any atom is 0.430 e. The number of carbonyl (C=O) groups excluding carboxylic acids is 1. The largest absolute Gasteiger partial charge is 0.480 e. The number of carbonyl (C=O) groups is 2. The number of carboxylic acids is 1. The lowest BCUT2D eigenvalue weighted by molar-refractivity contribution is -0.142. The van der Waals surface area contributed by atoms with E-state index in [0.717, 1.165) is 6.08 Å². The number of nitrogens with one attached hydrogen (secondary N) is 2. The maximum atomic E-state index is 12.4. The number of allylic oxidation sites excluding steroid dienone is 2.